The van der Waals surface area contributed by atoms with Gasteiger partial charge in [0.15, 0.2) is 5.54 Å². The maximum Gasteiger partial charge on any atom is 0.416 e. The molecule has 0 bridgehead atoms. The number of alkyl halides is 3. The number of benzene rings is 1. The minimum atomic E-state index is -4.44. The van der Waals surface area contributed by atoms with E-state index in [1.54, 1.807) is 13.1 Å². The van der Waals surface area contributed by atoms with Gasteiger partial charge >= 0.3 is 6.18 Å². The Bertz CT molecular complexity index is 831. The fraction of sp³-hybridized carbons (Fsp3) is 0.375. The van der Waals surface area contributed by atoms with Gasteiger partial charge in [0.1, 0.15) is 5.69 Å². The van der Waals surface area contributed by atoms with Crippen LogP contribution in [0.25, 0.3) is 0 Å². The minimum Gasteiger partial charge on any atom is -0.344 e. The van der Waals surface area contributed by atoms with Crippen LogP contribution >= 0.6 is 0 Å². The Morgan fingerprint density at radius 1 is 1.36 bits per heavy atom. The van der Waals surface area contributed by atoms with Gasteiger partial charge in [0.05, 0.1) is 23.9 Å². The van der Waals surface area contributed by atoms with Gasteiger partial charge in [0.2, 0.25) is 0 Å². The number of amides is 1. The van der Waals surface area contributed by atoms with Crippen LogP contribution in [0, 0.1) is 11.3 Å². The quantitative estimate of drug-likeness (QED) is 0.920. The van der Waals surface area contributed by atoms with Crippen molar-refractivity contribution < 1.29 is 18.0 Å². The lowest BCUT2D eigenvalue weighted by Gasteiger charge is -2.12. The number of hydrogen-bond donors (Lipinski definition) is 1. The van der Waals surface area contributed by atoms with Crippen molar-refractivity contribution in [2.24, 2.45) is 0 Å². The molecule has 0 radical (unpaired) electrons. The van der Waals surface area contributed by atoms with Crippen LogP contribution < -0.4 is 5.32 Å². The van der Waals surface area contributed by atoms with Crippen molar-refractivity contribution in [3.8, 4) is 6.07 Å². The Kier molecular flexibility index (Phi) is 3.99. The molecule has 0 spiro atoms. The Hall–Kier alpha value is -2.89. The lowest BCUT2D eigenvalue weighted by atomic mass is 10.1. The first-order valence-corrected chi connectivity index (χ1v) is 7.57. The maximum atomic E-state index is 12.5. The van der Waals surface area contributed by atoms with Crippen molar-refractivity contribution in [3.05, 3.63) is 47.3 Å². The van der Waals surface area contributed by atoms with E-state index in [1.807, 2.05) is 0 Å². The lowest BCUT2D eigenvalue weighted by Crippen LogP contribution is -2.27. The Morgan fingerprint density at radius 2 is 2.00 bits per heavy atom. The van der Waals surface area contributed by atoms with Crippen molar-refractivity contribution in [2.75, 3.05) is 0 Å². The zero-order chi connectivity index (χ0) is 18.2. The summed E-state index contributed by atoms with van der Waals surface area (Å²) < 4.78 is 39.1. The lowest BCUT2D eigenvalue weighted by molar-refractivity contribution is -0.137. The summed E-state index contributed by atoms with van der Waals surface area (Å²) in [5.41, 5.74) is -0.862. The second-order valence-corrected chi connectivity index (χ2v) is 6.00. The van der Waals surface area contributed by atoms with Gasteiger partial charge in [-0.3, -0.25) is 4.79 Å². The molecule has 1 aliphatic carbocycles. The van der Waals surface area contributed by atoms with E-state index in [1.165, 1.54) is 4.68 Å². The van der Waals surface area contributed by atoms with Crippen molar-refractivity contribution in [1.29, 1.82) is 5.26 Å². The van der Waals surface area contributed by atoms with Gasteiger partial charge in [0.25, 0.3) is 5.91 Å². The molecule has 130 valence electrons. The summed E-state index contributed by atoms with van der Waals surface area (Å²) in [6.45, 7) is 1.68. The number of nitriles is 1. The average Bonchev–Trinajstić information content (AvgIpc) is 3.22. The molecule has 2 aromatic rings. The van der Waals surface area contributed by atoms with Crippen molar-refractivity contribution in [3.63, 3.8) is 0 Å². The molecule has 3 rings (SSSR count). The Morgan fingerprint density at radius 3 is 2.52 bits per heavy atom. The van der Waals surface area contributed by atoms with E-state index in [-0.39, 0.29) is 5.56 Å². The molecule has 1 aromatic carbocycles. The van der Waals surface area contributed by atoms with Gasteiger partial charge in [-0.2, -0.15) is 18.4 Å². The van der Waals surface area contributed by atoms with E-state index >= 15 is 0 Å². The number of rotatable bonds is 4. The maximum absolute atomic E-state index is 12.5. The van der Waals surface area contributed by atoms with Crippen LogP contribution in [0.1, 0.15) is 47.4 Å². The van der Waals surface area contributed by atoms with E-state index in [0.717, 1.165) is 24.3 Å². The third-order valence-corrected chi connectivity index (χ3v) is 4.15. The molecule has 1 fully saturated rings. The molecular weight excluding hydrogens is 335 g/mol. The number of nitrogens with zero attached hydrogens (tertiary/aromatic N) is 4. The number of nitrogens with one attached hydrogen (secondary N) is 1. The first kappa shape index (κ1) is 17.0. The largest absolute Gasteiger partial charge is 0.416 e. The van der Waals surface area contributed by atoms with Gasteiger partial charge in [-0.15, -0.1) is 5.10 Å². The third-order valence-electron chi connectivity index (χ3n) is 4.15. The molecule has 1 unspecified atom stereocenters. The van der Waals surface area contributed by atoms with Gasteiger partial charge in [-0.25, -0.2) is 4.68 Å². The fourth-order valence-electron chi connectivity index (χ4n) is 2.36. The van der Waals surface area contributed by atoms with Crippen LogP contribution in [-0.4, -0.2) is 20.9 Å². The molecule has 1 heterocycles. The first-order valence-electron chi connectivity index (χ1n) is 7.57. The number of aromatic nitrogens is 3. The molecule has 1 saturated carbocycles. The number of halogens is 3. The smallest absolute Gasteiger partial charge is 0.344 e. The topological polar surface area (TPSA) is 83.6 Å². The summed E-state index contributed by atoms with van der Waals surface area (Å²) in [7, 11) is 0. The van der Waals surface area contributed by atoms with Crippen LogP contribution in [-0.2, 0) is 11.7 Å². The molecule has 9 heteroatoms. The normalized spacial score (nSPS) is 16.8. The van der Waals surface area contributed by atoms with Crippen LogP contribution in [0.15, 0.2) is 30.5 Å². The monoisotopic (exact) mass is 349 g/mol. The van der Waals surface area contributed by atoms with Crippen molar-refractivity contribution >= 4 is 5.91 Å². The van der Waals surface area contributed by atoms with Gasteiger partial charge < -0.3 is 5.32 Å². The minimum absolute atomic E-state index is 0.114. The van der Waals surface area contributed by atoms with E-state index in [0.29, 0.717) is 18.5 Å². The predicted octanol–water partition coefficient (Wildman–Crippen LogP) is 2.80. The number of hydrogen-bond acceptors (Lipinski definition) is 4. The zero-order valence-corrected chi connectivity index (χ0v) is 13.2. The van der Waals surface area contributed by atoms with Crippen molar-refractivity contribution in [1.82, 2.24) is 20.3 Å². The first-order chi connectivity index (χ1) is 11.7. The number of carbonyl (C=O) groups is 1. The van der Waals surface area contributed by atoms with Crippen LogP contribution in [0.4, 0.5) is 13.2 Å². The highest BCUT2D eigenvalue weighted by Crippen LogP contribution is 2.42. The highest BCUT2D eigenvalue weighted by Gasteiger charge is 2.46. The standard InChI is InChI=1S/C16H14F3N5O/c1-10(13-8-24(23-22-13)15(9-20)6-7-15)21-14(25)11-2-4-12(5-3-11)16(17,18)19/h2-5,8,10H,6-7H2,1H3,(H,21,25). The molecule has 0 saturated heterocycles. The van der Waals surface area contributed by atoms with E-state index < -0.39 is 29.2 Å². The molecule has 0 aliphatic heterocycles. The summed E-state index contributed by atoms with van der Waals surface area (Å²) >= 11 is 0. The van der Waals surface area contributed by atoms with Crippen molar-refractivity contribution in [2.45, 2.75) is 37.5 Å². The van der Waals surface area contributed by atoms with Gasteiger partial charge in [0, 0.05) is 5.56 Å². The molecule has 25 heavy (non-hydrogen) atoms. The van der Waals surface area contributed by atoms with Crippen LogP contribution in [0.3, 0.4) is 0 Å². The zero-order valence-electron chi connectivity index (χ0n) is 13.2. The summed E-state index contributed by atoms with van der Waals surface area (Å²) in [6, 6.07) is 5.65. The molecule has 1 atom stereocenters. The third kappa shape index (κ3) is 3.33. The van der Waals surface area contributed by atoms with E-state index in [2.05, 4.69) is 21.7 Å². The molecule has 1 aliphatic rings. The van der Waals surface area contributed by atoms with Crippen LogP contribution in [0.2, 0.25) is 0 Å². The summed E-state index contributed by atoms with van der Waals surface area (Å²) in [5, 5.41) is 19.7. The van der Waals surface area contributed by atoms with E-state index in [4.69, 9.17) is 5.26 Å². The summed E-state index contributed by atoms with van der Waals surface area (Å²) in [5.74, 6) is -0.516. The average molecular weight is 349 g/mol. The highest BCUT2D eigenvalue weighted by molar-refractivity contribution is 5.94. The SMILES string of the molecule is CC(NC(=O)c1ccc(C(F)(F)F)cc1)c1cn(C2(C#N)CC2)nn1. The summed E-state index contributed by atoms with van der Waals surface area (Å²) in [6.07, 6.45) is -1.43. The molecule has 1 N–H and O–H groups in total. The van der Waals surface area contributed by atoms with E-state index in [9.17, 15) is 18.0 Å². The molecule has 1 aromatic heterocycles. The number of carbonyl (C=O) groups excluding carboxylic acids is 1. The second kappa shape index (κ2) is 5.88. The molecular formula is C16H14F3N5O. The Balaban J connectivity index is 1.68. The molecule has 1 amide bonds. The van der Waals surface area contributed by atoms with Gasteiger partial charge in [-0.1, -0.05) is 5.21 Å². The predicted molar refractivity (Wildman–Crippen MR) is 80.2 cm³/mol. The second-order valence-electron chi connectivity index (χ2n) is 6.00. The van der Waals surface area contributed by atoms with Gasteiger partial charge in [-0.05, 0) is 44.0 Å². The fourth-order valence-corrected chi connectivity index (χ4v) is 2.36. The highest BCUT2D eigenvalue weighted by atomic mass is 19.4. The van der Waals surface area contributed by atoms with Crippen LogP contribution in [0.5, 0.6) is 0 Å². The summed E-state index contributed by atoms with van der Waals surface area (Å²) in [4.78, 5) is 12.2. The Labute approximate surface area is 141 Å². The molecule has 6 nitrogen and oxygen atoms in total.